The molecule has 2 aromatic heterocycles. The number of H-pyrrole nitrogens is 1. The van der Waals surface area contributed by atoms with Gasteiger partial charge in [0.05, 0.1) is 33.8 Å². The van der Waals surface area contributed by atoms with Crippen LogP contribution in [0, 0.1) is 5.82 Å². The summed E-state index contributed by atoms with van der Waals surface area (Å²) in [6, 6.07) is 11.2. The number of nitrogens with one attached hydrogen (secondary N) is 1. The molecule has 0 spiro atoms. The molecule has 1 aliphatic heterocycles. The SMILES string of the molecule is C=C1OC(COP(=O)(COCCn2cnc3c(=O)[nH]c(N)nc32)OCc2ccc(OC)c(F)c2)=C(c2ccc(OC)cc2)O1. The van der Waals surface area contributed by atoms with E-state index in [1.807, 2.05) is 0 Å². The second kappa shape index (κ2) is 13.3. The molecule has 4 aromatic rings. The zero-order valence-electron chi connectivity index (χ0n) is 23.8. The highest BCUT2D eigenvalue weighted by Crippen LogP contribution is 2.50. The summed E-state index contributed by atoms with van der Waals surface area (Å²) in [4.78, 5) is 22.6. The first kappa shape index (κ1) is 30.8. The largest absolute Gasteiger partial charge is 0.497 e. The van der Waals surface area contributed by atoms with E-state index < -0.39 is 25.3 Å². The van der Waals surface area contributed by atoms with Crippen molar-refractivity contribution < 1.29 is 41.7 Å². The Balaban J connectivity index is 1.30. The summed E-state index contributed by atoms with van der Waals surface area (Å²) in [5, 5.41) is 0. The molecule has 1 unspecified atom stereocenters. The monoisotopic (exact) mass is 629 g/mol. The molecule has 0 saturated carbocycles. The number of nitrogens with two attached hydrogens (primary N) is 1. The van der Waals surface area contributed by atoms with Crippen LogP contribution in [-0.4, -0.2) is 53.3 Å². The number of fused-ring (bicyclic) bond motifs is 1. The fourth-order valence-corrected chi connectivity index (χ4v) is 5.38. The van der Waals surface area contributed by atoms with Crippen LogP contribution in [0.15, 0.2) is 71.9 Å². The van der Waals surface area contributed by atoms with Crippen LogP contribution in [-0.2, 0) is 41.0 Å². The standard InChI is InChI=1S/C28H29FN5O9P/c1-17-42-23(25(43-17)19-5-7-20(37-2)8-6-19)14-41-44(36,40-13-18-4-9-22(38-3)21(29)12-18)16-39-11-10-34-15-31-24-26(34)32-28(30)33-27(24)35/h4-9,12,15H,1,10-11,13-14,16H2,2-3H3,(H3,30,32,33,35). The van der Waals surface area contributed by atoms with E-state index in [1.165, 1.54) is 25.6 Å². The first-order valence-corrected chi connectivity index (χ1v) is 14.8. The van der Waals surface area contributed by atoms with Crippen molar-refractivity contribution in [3.05, 3.63) is 94.4 Å². The number of hydrogen-bond donors (Lipinski definition) is 2. The van der Waals surface area contributed by atoms with Gasteiger partial charge in [-0.15, -0.1) is 0 Å². The Morgan fingerprint density at radius 3 is 2.59 bits per heavy atom. The summed E-state index contributed by atoms with van der Waals surface area (Å²) >= 11 is 0. The number of rotatable bonds is 14. The van der Waals surface area contributed by atoms with Crippen molar-refractivity contribution in [2.45, 2.75) is 13.2 Å². The van der Waals surface area contributed by atoms with Crippen LogP contribution >= 0.6 is 7.60 Å². The molecule has 2 aromatic carbocycles. The molecule has 0 fully saturated rings. The molecular formula is C28H29FN5O9P. The molecule has 44 heavy (non-hydrogen) atoms. The number of hydrogen-bond acceptors (Lipinski definition) is 12. The van der Waals surface area contributed by atoms with Crippen LogP contribution in [0.5, 0.6) is 11.5 Å². The number of nitrogen functional groups attached to an aromatic ring is 1. The van der Waals surface area contributed by atoms with Crippen molar-refractivity contribution in [3.8, 4) is 11.5 Å². The number of aromatic nitrogens is 4. The summed E-state index contributed by atoms with van der Waals surface area (Å²) in [7, 11) is -1.10. The molecule has 232 valence electrons. The lowest BCUT2D eigenvalue weighted by atomic mass is 10.1. The molecule has 1 aliphatic rings. The van der Waals surface area contributed by atoms with Gasteiger partial charge in [0.15, 0.2) is 34.2 Å². The van der Waals surface area contributed by atoms with E-state index in [4.69, 9.17) is 38.5 Å². The molecule has 1 atom stereocenters. The van der Waals surface area contributed by atoms with E-state index in [2.05, 4.69) is 21.5 Å². The second-order valence-electron chi connectivity index (χ2n) is 9.28. The van der Waals surface area contributed by atoms with Gasteiger partial charge in [-0.1, -0.05) is 6.07 Å². The van der Waals surface area contributed by atoms with Gasteiger partial charge >= 0.3 is 7.60 Å². The number of methoxy groups -OCH3 is 2. The van der Waals surface area contributed by atoms with E-state index >= 15 is 0 Å². The van der Waals surface area contributed by atoms with Crippen LogP contribution in [0.3, 0.4) is 0 Å². The lowest BCUT2D eigenvalue weighted by Crippen LogP contribution is -2.13. The van der Waals surface area contributed by atoms with Crippen LogP contribution in [0.4, 0.5) is 10.3 Å². The number of nitrogens with zero attached hydrogens (tertiary/aromatic N) is 3. The number of halogens is 1. The minimum atomic E-state index is -4.00. The van der Waals surface area contributed by atoms with E-state index in [0.717, 1.165) is 0 Å². The van der Waals surface area contributed by atoms with E-state index in [-0.39, 0.29) is 60.9 Å². The summed E-state index contributed by atoms with van der Waals surface area (Å²) in [5.74, 6) is 0.564. The van der Waals surface area contributed by atoms with Gasteiger partial charge in [-0.05, 0) is 48.5 Å². The van der Waals surface area contributed by atoms with Crippen molar-refractivity contribution in [1.29, 1.82) is 0 Å². The first-order chi connectivity index (χ1) is 21.2. The van der Waals surface area contributed by atoms with Gasteiger partial charge in [-0.25, -0.2) is 9.37 Å². The Hall–Kier alpha value is -4.69. The maximum atomic E-state index is 14.3. The molecule has 16 heteroatoms. The Labute approximate surface area is 250 Å². The fraction of sp³-hybridized carbons (Fsp3) is 0.250. The summed E-state index contributed by atoms with van der Waals surface area (Å²) in [6.07, 6.45) is 0.944. The smallest absolute Gasteiger partial charge is 0.356 e. The quantitative estimate of drug-likeness (QED) is 0.151. The average molecular weight is 630 g/mol. The molecule has 14 nitrogen and oxygen atoms in total. The maximum Gasteiger partial charge on any atom is 0.356 e. The maximum absolute atomic E-state index is 14.3. The number of anilines is 1. The van der Waals surface area contributed by atoms with Gasteiger partial charge < -0.3 is 38.5 Å². The van der Waals surface area contributed by atoms with Crippen LogP contribution in [0.1, 0.15) is 11.1 Å². The highest BCUT2D eigenvalue weighted by atomic mass is 31.2. The first-order valence-electron chi connectivity index (χ1n) is 13.1. The number of ether oxygens (including phenoxy) is 5. The van der Waals surface area contributed by atoms with Crippen molar-refractivity contribution in [2.75, 3.05) is 39.5 Å². The second-order valence-corrected chi connectivity index (χ2v) is 11.3. The Morgan fingerprint density at radius 1 is 1.09 bits per heavy atom. The van der Waals surface area contributed by atoms with Crippen LogP contribution in [0.2, 0.25) is 0 Å². The third-order valence-corrected chi connectivity index (χ3v) is 7.86. The minimum absolute atomic E-state index is 0.00997. The van der Waals surface area contributed by atoms with Gasteiger partial charge in [-0.3, -0.25) is 18.9 Å². The lowest BCUT2D eigenvalue weighted by Gasteiger charge is -2.19. The van der Waals surface area contributed by atoms with E-state index in [0.29, 0.717) is 22.6 Å². The van der Waals surface area contributed by atoms with Crippen LogP contribution < -0.4 is 20.8 Å². The molecule has 0 amide bonds. The Morgan fingerprint density at radius 2 is 1.86 bits per heavy atom. The molecule has 0 saturated heterocycles. The Bertz CT molecular complexity index is 1810. The topological polar surface area (TPSA) is 171 Å². The predicted molar refractivity (Wildman–Crippen MR) is 156 cm³/mol. The lowest BCUT2D eigenvalue weighted by molar-refractivity contribution is 0.114. The molecule has 3 heterocycles. The summed E-state index contributed by atoms with van der Waals surface area (Å²) in [6.45, 7) is 3.33. The zero-order chi connectivity index (χ0) is 31.3. The highest BCUT2D eigenvalue weighted by Gasteiger charge is 2.30. The molecule has 0 radical (unpaired) electrons. The van der Waals surface area contributed by atoms with Gasteiger partial charge in [0.2, 0.25) is 5.95 Å². The average Bonchev–Trinajstić information content (AvgIpc) is 3.60. The van der Waals surface area contributed by atoms with Crippen molar-refractivity contribution in [1.82, 2.24) is 19.5 Å². The number of aromatic amines is 1. The third kappa shape index (κ3) is 7.09. The van der Waals surface area contributed by atoms with E-state index in [9.17, 15) is 13.8 Å². The molecule has 5 rings (SSSR count). The van der Waals surface area contributed by atoms with Crippen molar-refractivity contribution in [3.63, 3.8) is 0 Å². The molecular weight excluding hydrogens is 600 g/mol. The van der Waals surface area contributed by atoms with Gasteiger partial charge in [-0.2, -0.15) is 4.98 Å². The summed E-state index contributed by atoms with van der Waals surface area (Å²) < 4.78 is 68.2. The van der Waals surface area contributed by atoms with Crippen LogP contribution in [0.25, 0.3) is 16.9 Å². The third-order valence-electron chi connectivity index (χ3n) is 6.31. The molecule has 3 N–H and O–H groups in total. The number of imidazole rings is 1. The van der Waals surface area contributed by atoms with Gasteiger partial charge in [0.25, 0.3) is 11.5 Å². The normalized spacial score (nSPS) is 14.4. The highest BCUT2D eigenvalue weighted by molar-refractivity contribution is 7.53. The van der Waals surface area contributed by atoms with E-state index in [1.54, 1.807) is 42.0 Å². The number of benzene rings is 2. The van der Waals surface area contributed by atoms with Crippen molar-refractivity contribution in [2.24, 2.45) is 0 Å². The summed E-state index contributed by atoms with van der Waals surface area (Å²) in [5.41, 5.74) is 6.59. The minimum Gasteiger partial charge on any atom is -0.497 e. The van der Waals surface area contributed by atoms with Gasteiger partial charge in [0.1, 0.15) is 18.7 Å². The zero-order valence-corrected chi connectivity index (χ0v) is 24.7. The molecule has 0 aliphatic carbocycles. The molecule has 0 bridgehead atoms. The van der Waals surface area contributed by atoms with Crippen molar-refractivity contribution >= 4 is 30.5 Å². The van der Waals surface area contributed by atoms with Gasteiger partial charge in [0, 0.05) is 12.1 Å². The Kier molecular flexibility index (Phi) is 9.30. The fourth-order valence-electron chi connectivity index (χ4n) is 4.15. The predicted octanol–water partition coefficient (Wildman–Crippen LogP) is 4.15.